The van der Waals surface area contributed by atoms with Gasteiger partial charge in [-0.3, -0.25) is 0 Å². The lowest BCUT2D eigenvalue weighted by Crippen LogP contribution is -1.65. The van der Waals surface area contributed by atoms with E-state index in [2.05, 4.69) is 6.55 Å². The first-order chi connectivity index (χ1) is 2.41. The zero-order chi connectivity index (χ0) is 4.71. The van der Waals surface area contributed by atoms with Crippen molar-refractivity contribution >= 4 is 20.0 Å². The first-order valence-electron chi connectivity index (χ1n) is 2.02. The first kappa shape index (κ1) is 9.04. The molecule has 0 unspecified atom stereocenters. The third-order valence-corrected chi connectivity index (χ3v) is 0. The van der Waals surface area contributed by atoms with Gasteiger partial charge in [-0.25, -0.2) is 0 Å². The van der Waals surface area contributed by atoms with E-state index in [-0.39, 0.29) is 0 Å². The molecule has 0 aliphatic heterocycles. The Bertz CT molecular complexity index is 7.61. The average Bonchev–Trinajstić information content (AvgIpc) is 1.46. The van der Waals surface area contributed by atoms with Gasteiger partial charge >= 0.3 is 0 Å². The van der Waals surface area contributed by atoms with Gasteiger partial charge in [-0.15, -0.1) is 0 Å². The van der Waals surface area contributed by atoms with Crippen LogP contribution in [-0.2, 0) is 0 Å². The van der Waals surface area contributed by atoms with Gasteiger partial charge in [0.2, 0.25) is 0 Å². The molecule has 0 radical (unpaired) electrons. The van der Waals surface area contributed by atoms with Crippen LogP contribution in [0.25, 0.3) is 0 Å². The summed E-state index contributed by atoms with van der Waals surface area (Å²) in [6, 6.07) is 0. The van der Waals surface area contributed by atoms with Crippen molar-refractivity contribution in [2.45, 2.75) is 13.1 Å². The van der Waals surface area contributed by atoms with Crippen molar-refractivity contribution < 1.29 is 4.80 Å². The second kappa shape index (κ2) is 26.1. The van der Waals surface area contributed by atoms with E-state index in [0.29, 0.717) is 0 Å². The predicted molar refractivity (Wildman–Crippen MR) is 32.4 cm³/mol. The van der Waals surface area contributed by atoms with E-state index in [9.17, 15) is 0 Å². The Balaban J connectivity index is 0. The minimum absolute atomic E-state index is 0.583. The highest BCUT2D eigenvalue weighted by Gasteiger charge is 1.39. The summed E-state index contributed by atoms with van der Waals surface area (Å²) in [6.45, 7) is 3.96. The van der Waals surface area contributed by atoms with Crippen LogP contribution in [0.1, 0.15) is 0 Å². The van der Waals surface area contributed by atoms with Crippen LogP contribution < -0.4 is 0 Å². The molecule has 0 atom stereocenters. The Morgan fingerprint density at radius 1 is 1.60 bits per heavy atom. The third-order valence-electron chi connectivity index (χ3n) is 0. The monoisotopic (exact) mass is 108 g/mol. The summed E-state index contributed by atoms with van der Waals surface area (Å²) in [4.78, 5) is 7.71. The summed E-state index contributed by atoms with van der Waals surface area (Å²) in [5.41, 5.74) is 0. The lowest BCUT2D eigenvalue weighted by atomic mass is 11.9. The molecule has 0 aromatic heterocycles. The van der Waals surface area contributed by atoms with Crippen molar-refractivity contribution in [1.82, 2.24) is 0 Å². The van der Waals surface area contributed by atoms with Crippen LogP contribution in [0.2, 0.25) is 13.1 Å². The van der Waals surface area contributed by atoms with Gasteiger partial charge in [-0.2, -0.15) is 0 Å². The average molecular weight is 108 g/mol. The second-order valence-corrected chi connectivity index (χ2v) is 0.949. The molecule has 0 fully saturated rings. The van der Waals surface area contributed by atoms with Crippen molar-refractivity contribution in [3.05, 3.63) is 0 Å². The van der Waals surface area contributed by atoms with E-state index in [1.807, 2.05) is 6.55 Å². The molecule has 0 amide bonds. The number of hydrogen-bond donors (Lipinski definition) is 1. The fourth-order valence-corrected chi connectivity index (χ4v) is 0. The van der Waals surface area contributed by atoms with Gasteiger partial charge in [0.05, 0.1) is 0 Å². The van der Waals surface area contributed by atoms with Crippen molar-refractivity contribution in [3.63, 3.8) is 0 Å². The van der Waals surface area contributed by atoms with Crippen LogP contribution in [0, 0.1) is 0 Å². The zero-order valence-electron chi connectivity index (χ0n) is 4.15. The lowest BCUT2D eigenvalue weighted by Gasteiger charge is -1.49. The molecule has 0 aliphatic carbocycles. The smallest absolute Gasteiger partial charge is 0.153 e. The standard InChI is InChI=1S/CH6OSi.CH6Si/c1-3-2;1-2/h2H,3H2,1H3;1-2H3. The highest BCUT2D eigenvalue weighted by Crippen LogP contribution is 1.24. The highest BCUT2D eigenvalue weighted by molar-refractivity contribution is 6.22. The maximum atomic E-state index is 7.71. The van der Waals surface area contributed by atoms with Gasteiger partial charge < -0.3 is 4.80 Å². The Kier molecular flexibility index (Phi) is 47.1. The lowest BCUT2D eigenvalue weighted by molar-refractivity contribution is 0.610. The highest BCUT2D eigenvalue weighted by atomic mass is 28.2. The maximum absolute atomic E-state index is 7.71. The van der Waals surface area contributed by atoms with Crippen molar-refractivity contribution in [1.29, 1.82) is 0 Å². The predicted octanol–water partition coefficient (Wildman–Crippen LogP) is -1.49. The molecule has 5 heavy (non-hydrogen) atoms. The molecule has 0 bridgehead atoms. The van der Waals surface area contributed by atoms with Crippen LogP contribution in [-0.4, -0.2) is 24.8 Å². The van der Waals surface area contributed by atoms with E-state index in [4.69, 9.17) is 4.80 Å². The quantitative estimate of drug-likeness (QED) is 0.375. The van der Waals surface area contributed by atoms with E-state index >= 15 is 0 Å². The molecule has 0 aliphatic rings. The SMILES string of the molecule is C[SiH2]O.C[SiH3]. The van der Waals surface area contributed by atoms with E-state index in [1.54, 1.807) is 0 Å². The molecule has 0 rings (SSSR count). The zero-order valence-corrected chi connectivity index (χ0v) is 7.57. The number of hydrogen-bond acceptors (Lipinski definition) is 1. The van der Waals surface area contributed by atoms with Gasteiger partial charge in [0.15, 0.2) is 9.76 Å². The first-order valence-corrected chi connectivity index (χ1v) is 6.07. The van der Waals surface area contributed by atoms with Crippen LogP contribution in [0.5, 0.6) is 0 Å². The minimum Gasteiger partial charge on any atom is -0.438 e. The molecule has 1 N–H and O–H groups in total. The van der Waals surface area contributed by atoms with Gasteiger partial charge in [0.25, 0.3) is 0 Å². The minimum atomic E-state index is -0.583. The molecule has 0 aromatic carbocycles. The van der Waals surface area contributed by atoms with Gasteiger partial charge in [-0.05, 0) is 10.2 Å². The van der Waals surface area contributed by atoms with Crippen LogP contribution >= 0.6 is 0 Å². The normalized spacial score (nSPS) is 7.80. The Morgan fingerprint density at radius 3 is 1.60 bits per heavy atom. The van der Waals surface area contributed by atoms with E-state index in [0.717, 1.165) is 0 Å². The summed E-state index contributed by atoms with van der Waals surface area (Å²) in [7, 11) is 0.722. The van der Waals surface area contributed by atoms with E-state index < -0.39 is 9.76 Å². The van der Waals surface area contributed by atoms with Gasteiger partial charge in [0.1, 0.15) is 0 Å². The summed E-state index contributed by atoms with van der Waals surface area (Å²) < 4.78 is 0. The molecule has 0 aromatic rings. The van der Waals surface area contributed by atoms with Crippen LogP contribution in [0.15, 0.2) is 0 Å². The number of rotatable bonds is 0. The Morgan fingerprint density at radius 2 is 1.60 bits per heavy atom. The fraction of sp³-hybridized carbons (Fsp3) is 1.00. The largest absolute Gasteiger partial charge is 0.438 e. The Labute approximate surface area is 38.8 Å². The molecule has 0 spiro atoms. The summed E-state index contributed by atoms with van der Waals surface area (Å²) >= 11 is 0. The van der Waals surface area contributed by atoms with Crippen LogP contribution in [0.3, 0.4) is 0 Å². The molecule has 0 saturated heterocycles. The molecule has 0 heterocycles. The summed E-state index contributed by atoms with van der Waals surface area (Å²) in [6.07, 6.45) is 0. The summed E-state index contributed by atoms with van der Waals surface area (Å²) in [5.74, 6) is 0. The fourth-order valence-electron chi connectivity index (χ4n) is 0. The molecular weight excluding hydrogens is 96.2 g/mol. The van der Waals surface area contributed by atoms with Crippen molar-refractivity contribution in [2.75, 3.05) is 0 Å². The third kappa shape index (κ3) is 162. The molecule has 1 nitrogen and oxygen atoms in total. The topological polar surface area (TPSA) is 20.2 Å². The van der Waals surface area contributed by atoms with Crippen molar-refractivity contribution in [2.24, 2.45) is 0 Å². The summed E-state index contributed by atoms with van der Waals surface area (Å²) in [5, 5.41) is 0. The van der Waals surface area contributed by atoms with Crippen LogP contribution in [0.4, 0.5) is 0 Å². The Hall–Kier alpha value is 0.394. The molecule has 3 heteroatoms. The van der Waals surface area contributed by atoms with Gasteiger partial charge in [-0.1, -0.05) is 13.1 Å². The molecule has 0 saturated carbocycles. The molecular formula is C2H12OSi2. The van der Waals surface area contributed by atoms with Gasteiger partial charge in [0, 0.05) is 0 Å². The molecule has 34 valence electrons. The second-order valence-electron chi connectivity index (χ2n) is 0.316. The maximum Gasteiger partial charge on any atom is 0.153 e. The van der Waals surface area contributed by atoms with Crippen molar-refractivity contribution in [3.8, 4) is 0 Å². The van der Waals surface area contributed by atoms with E-state index in [1.165, 1.54) is 10.2 Å².